The summed E-state index contributed by atoms with van der Waals surface area (Å²) in [6.45, 7) is 5.98. The first-order valence-electron chi connectivity index (χ1n) is 6.41. The van der Waals surface area contributed by atoms with E-state index in [-0.39, 0.29) is 5.78 Å². The van der Waals surface area contributed by atoms with Crippen molar-refractivity contribution in [1.82, 2.24) is 9.78 Å². The maximum Gasteiger partial charge on any atom is 0.169 e. The minimum Gasteiger partial charge on any atom is -0.398 e. The van der Waals surface area contributed by atoms with E-state index in [1.807, 2.05) is 36.0 Å². The zero-order valence-electron chi connectivity index (χ0n) is 11.6. The molecule has 0 unspecified atom stereocenters. The molecule has 0 bridgehead atoms. The molecule has 0 amide bonds. The van der Waals surface area contributed by atoms with Crippen molar-refractivity contribution in [2.75, 3.05) is 5.73 Å². The molecule has 0 saturated carbocycles. The minimum absolute atomic E-state index is 0.0545. The zero-order valence-corrected chi connectivity index (χ0v) is 11.6. The molecule has 2 rings (SSSR count). The second-order valence-corrected chi connectivity index (χ2v) is 5.00. The van der Waals surface area contributed by atoms with E-state index in [9.17, 15) is 4.79 Å². The minimum atomic E-state index is 0.0545. The van der Waals surface area contributed by atoms with Gasteiger partial charge in [-0.2, -0.15) is 5.10 Å². The molecular weight excluding hydrogens is 238 g/mol. The average Bonchev–Trinajstić information content (AvgIpc) is 2.81. The molecule has 0 aliphatic heterocycles. The largest absolute Gasteiger partial charge is 0.398 e. The zero-order chi connectivity index (χ0) is 14.0. The van der Waals surface area contributed by atoms with Crippen molar-refractivity contribution in [3.63, 3.8) is 0 Å². The molecule has 4 nitrogen and oxygen atoms in total. The highest BCUT2D eigenvalue weighted by Crippen LogP contribution is 2.17. The van der Waals surface area contributed by atoms with E-state index in [0.29, 0.717) is 23.7 Å². The Morgan fingerprint density at radius 2 is 2.11 bits per heavy atom. The highest BCUT2D eigenvalue weighted by Gasteiger charge is 2.13. The fourth-order valence-electron chi connectivity index (χ4n) is 1.97. The molecule has 0 aliphatic rings. The van der Waals surface area contributed by atoms with Crippen molar-refractivity contribution in [1.29, 1.82) is 0 Å². The third-order valence-corrected chi connectivity index (χ3v) is 3.21. The third kappa shape index (κ3) is 2.84. The van der Waals surface area contributed by atoms with Gasteiger partial charge < -0.3 is 5.73 Å². The number of anilines is 1. The predicted octanol–water partition coefficient (Wildman–Crippen LogP) is 2.78. The fourth-order valence-corrected chi connectivity index (χ4v) is 1.97. The highest BCUT2D eigenvalue weighted by molar-refractivity contribution is 5.99. The van der Waals surface area contributed by atoms with Crippen LogP contribution in [0.5, 0.6) is 0 Å². The lowest BCUT2D eigenvalue weighted by Crippen LogP contribution is -2.09. The first kappa shape index (κ1) is 13.3. The summed E-state index contributed by atoms with van der Waals surface area (Å²) < 4.78 is 1.86. The Bertz CT molecular complexity index is 599. The van der Waals surface area contributed by atoms with Crippen LogP contribution in [-0.4, -0.2) is 15.6 Å². The lowest BCUT2D eigenvalue weighted by Gasteiger charge is -2.07. The molecule has 1 aromatic heterocycles. The van der Waals surface area contributed by atoms with Crippen molar-refractivity contribution in [2.45, 2.75) is 33.2 Å². The van der Waals surface area contributed by atoms with Crippen LogP contribution in [0, 0.1) is 6.92 Å². The van der Waals surface area contributed by atoms with Gasteiger partial charge in [0.15, 0.2) is 5.78 Å². The molecule has 0 aliphatic carbocycles. The number of nitrogen functional groups attached to an aromatic ring is 1. The van der Waals surface area contributed by atoms with Crippen LogP contribution in [0.1, 0.15) is 41.5 Å². The summed E-state index contributed by atoms with van der Waals surface area (Å²) in [6.07, 6.45) is 2.21. The molecule has 2 N–H and O–H groups in total. The van der Waals surface area contributed by atoms with E-state index in [2.05, 4.69) is 18.9 Å². The molecular formula is C15H19N3O. The van der Waals surface area contributed by atoms with E-state index < -0.39 is 0 Å². The molecule has 0 saturated heterocycles. The van der Waals surface area contributed by atoms with Gasteiger partial charge in [0.25, 0.3) is 0 Å². The van der Waals surface area contributed by atoms with Crippen LogP contribution < -0.4 is 5.73 Å². The predicted molar refractivity (Wildman–Crippen MR) is 76.2 cm³/mol. The SMILES string of the molecule is Cc1c(N)cccc1C(=O)Cc1ccn(C(C)C)n1. The van der Waals surface area contributed by atoms with Crippen molar-refractivity contribution < 1.29 is 4.79 Å². The lowest BCUT2D eigenvalue weighted by molar-refractivity contribution is 0.0991. The Morgan fingerprint density at radius 1 is 1.37 bits per heavy atom. The van der Waals surface area contributed by atoms with Crippen LogP contribution in [0.25, 0.3) is 0 Å². The highest BCUT2D eigenvalue weighted by atomic mass is 16.1. The molecule has 19 heavy (non-hydrogen) atoms. The Kier molecular flexibility index (Phi) is 3.69. The number of nitrogens with two attached hydrogens (primary N) is 1. The topological polar surface area (TPSA) is 60.9 Å². The van der Waals surface area contributed by atoms with Gasteiger partial charge in [-0.05, 0) is 38.5 Å². The second-order valence-electron chi connectivity index (χ2n) is 5.00. The monoisotopic (exact) mass is 257 g/mol. The second kappa shape index (κ2) is 5.26. The Balaban J connectivity index is 2.18. The number of ketones is 1. The summed E-state index contributed by atoms with van der Waals surface area (Å²) in [5.41, 5.74) is 8.79. The molecule has 2 aromatic rings. The average molecular weight is 257 g/mol. The van der Waals surface area contributed by atoms with Gasteiger partial charge in [-0.15, -0.1) is 0 Å². The van der Waals surface area contributed by atoms with E-state index in [4.69, 9.17) is 5.73 Å². The molecule has 0 fully saturated rings. The maximum absolute atomic E-state index is 12.3. The normalized spacial score (nSPS) is 10.9. The van der Waals surface area contributed by atoms with Crippen LogP contribution in [0.2, 0.25) is 0 Å². The van der Waals surface area contributed by atoms with Gasteiger partial charge in [0.05, 0.1) is 12.1 Å². The number of Topliss-reactive ketones (excluding diaryl/α,β-unsaturated/α-hetero) is 1. The smallest absolute Gasteiger partial charge is 0.169 e. The summed E-state index contributed by atoms with van der Waals surface area (Å²) in [7, 11) is 0. The van der Waals surface area contributed by atoms with Crippen LogP contribution >= 0.6 is 0 Å². The van der Waals surface area contributed by atoms with Gasteiger partial charge >= 0.3 is 0 Å². The van der Waals surface area contributed by atoms with Crippen molar-refractivity contribution >= 4 is 11.5 Å². The van der Waals surface area contributed by atoms with Crippen LogP contribution in [0.3, 0.4) is 0 Å². The Labute approximate surface area is 113 Å². The van der Waals surface area contributed by atoms with Crippen LogP contribution in [0.15, 0.2) is 30.5 Å². The van der Waals surface area contributed by atoms with E-state index in [1.54, 1.807) is 6.07 Å². The quantitative estimate of drug-likeness (QED) is 0.676. The number of rotatable bonds is 4. The van der Waals surface area contributed by atoms with E-state index >= 15 is 0 Å². The van der Waals surface area contributed by atoms with Crippen molar-refractivity contribution in [3.05, 3.63) is 47.3 Å². The summed E-state index contributed by atoms with van der Waals surface area (Å²) in [4.78, 5) is 12.3. The summed E-state index contributed by atoms with van der Waals surface area (Å²) >= 11 is 0. The van der Waals surface area contributed by atoms with Gasteiger partial charge in [0.2, 0.25) is 0 Å². The fraction of sp³-hybridized carbons (Fsp3) is 0.333. The molecule has 1 heterocycles. The lowest BCUT2D eigenvalue weighted by atomic mass is 10.0. The molecule has 100 valence electrons. The standard InChI is InChI=1S/C15H19N3O/c1-10(2)18-8-7-12(17-18)9-15(19)13-5-4-6-14(16)11(13)3/h4-8,10H,9,16H2,1-3H3. The molecule has 1 aromatic carbocycles. The van der Waals surface area contributed by atoms with E-state index in [1.165, 1.54) is 0 Å². The van der Waals surface area contributed by atoms with Gasteiger partial charge in [0, 0.05) is 23.5 Å². The maximum atomic E-state index is 12.3. The number of aromatic nitrogens is 2. The molecule has 0 spiro atoms. The van der Waals surface area contributed by atoms with E-state index in [0.717, 1.165) is 11.3 Å². The third-order valence-electron chi connectivity index (χ3n) is 3.21. The first-order chi connectivity index (χ1) is 8.99. The summed E-state index contributed by atoms with van der Waals surface area (Å²) in [5, 5.41) is 4.39. The molecule has 0 radical (unpaired) electrons. The van der Waals surface area contributed by atoms with Crippen molar-refractivity contribution in [2.24, 2.45) is 0 Å². The van der Waals surface area contributed by atoms with Crippen LogP contribution in [-0.2, 0) is 6.42 Å². The summed E-state index contributed by atoms with van der Waals surface area (Å²) in [5.74, 6) is 0.0545. The summed E-state index contributed by atoms with van der Waals surface area (Å²) in [6, 6.07) is 7.62. The first-order valence-corrected chi connectivity index (χ1v) is 6.41. The molecule has 0 atom stereocenters. The van der Waals surface area contributed by atoms with Gasteiger partial charge in [-0.3, -0.25) is 9.48 Å². The Morgan fingerprint density at radius 3 is 2.74 bits per heavy atom. The molecule has 4 heteroatoms. The number of nitrogens with zero attached hydrogens (tertiary/aromatic N) is 2. The van der Waals surface area contributed by atoms with Gasteiger partial charge in [-0.1, -0.05) is 12.1 Å². The van der Waals surface area contributed by atoms with Crippen molar-refractivity contribution in [3.8, 4) is 0 Å². The number of hydrogen-bond acceptors (Lipinski definition) is 3. The van der Waals surface area contributed by atoms with Gasteiger partial charge in [0.1, 0.15) is 0 Å². The van der Waals surface area contributed by atoms with Crippen LogP contribution in [0.4, 0.5) is 5.69 Å². The number of benzene rings is 1. The number of carbonyl (C=O) groups excluding carboxylic acids is 1. The Hall–Kier alpha value is -2.10. The number of hydrogen-bond donors (Lipinski definition) is 1. The number of carbonyl (C=O) groups is 1. The van der Waals surface area contributed by atoms with Gasteiger partial charge in [-0.25, -0.2) is 0 Å².